The first-order chi connectivity index (χ1) is 8.99. The van der Waals surface area contributed by atoms with Crippen molar-refractivity contribution in [3.63, 3.8) is 0 Å². The fourth-order valence-corrected chi connectivity index (χ4v) is 1.76. The van der Waals surface area contributed by atoms with Gasteiger partial charge in [-0.1, -0.05) is 5.16 Å². The summed E-state index contributed by atoms with van der Waals surface area (Å²) >= 11 is 0. The van der Waals surface area contributed by atoms with Gasteiger partial charge >= 0.3 is 0 Å². The molecule has 1 amide bonds. The van der Waals surface area contributed by atoms with Crippen molar-refractivity contribution in [1.82, 2.24) is 10.5 Å². The minimum Gasteiger partial charge on any atom is -0.398 e. The van der Waals surface area contributed by atoms with Crippen molar-refractivity contribution in [1.29, 1.82) is 0 Å². The van der Waals surface area contributed by atoms with Gasteiger partial charge in [-0.3, -0.25) is 4.79 Å². The zero-order chi connectivity index (χ0) is 14.0. The number of hydrogen-bond acceptors (Lipinski definition) is 4. The molecule has 0 aliphatic rings. The number of aromatic nitrogens is 1. The lowest BCUT2D eigenvalue weighted by Crippen LogP contribution is -2.24. The number of nitrogens with one attached hydrogen (secondary N) is 1. The highest BCUT2D eigenvalue weighted by molar-refractivity contribution is 5.99. The van der Waals surface area contributed by atoms with Crippen molar-refractivity contribution in [3.8, 4) is 0 Å². The van der Waals surface area contributed by atoms with Crippen LogP contribution in [-0.2, 0) is 6.54 Å². The number of carbonyl (C=O) groups is 1. The van der Waals surface area contributed by atoms with E-state index >= 15 is 0 Å². The van der Waals surface area contributed by atoms with Gasteiger partial charge in [-0.25, -0.2) is 4.39 Å². The number of aryl methyl sites for hydroxylation is 2. The minimum absolute atomic E-state index is 0.108. The van der Waals surface area contributed by atoms with E-state index in [-0.39, 0.29) is 23.7 Å². The Kier molecular flexibility index (Phi) is 3.50. The maximum absolute atomic E-state index is 12.9. The van der Waals surface area contributed by atoms with Gasteiger partial charge in [-0.05, 0) is 32.0 Å². The Balaban J connectivity index is 2.10. The SMILES string of the molecule is Cc1noc(C)c1CNC(=O)c1ccc(F)cc1N. The average molecular weight is 263 g/mol. The van der Waals surface area contributed by atoms with Gasteiger partial charge < -0.3 is 15.6 Å². The van der Waals surface area contributed by atoms with Crippen molar-refractivity contribution in [2.75, 3.05) is 5.73 Å². The molecule has 2 rings (SSSR count). The number of anilines is 1. The molecule has 3 N–H and O–H groups in total. The zero-order valence-electron chi connectivity index (χ0n) is 10.7. The van der Waals surface area contributed by atoms with Crippen molar-refractivity contribution in [3.05, 3.63) is 46.6 Å². The summed E-state index contributed by atoms with van der Waals surface area (Å²) in [5, 5.41) is 6.50. The van der Waals surface area contributed by atoms with E-state index in [1.165, 1.54) is 12.1 Å². The maximum atomic E-state index is 12.9. The van der Waals surface area contributed by atoms with Crippen LogP contribution in [0.25, 0.3) is 0 Å². The summed E-state index contributed by atoms with van der Waals surface area (Å²) in [6.07, 6.45) is 0. The number of nitrogen functional groups attached to an aromatic ring is 1. The second-order valence-corrected chi connectivity index (χ2v) is 4.22. The monoisotopic (exact) mass is 263 g/mol. The number of halogens is 1. The van der Waals surface area contributed by atoms with Crippen LogP contribution in [-0.4, -0.2) is 11.1 Å². The number of rotatable bonds is 3. The fraction of sp³-hybridized carbons (Fsp3) is 0.231. The second kappa shape index (κ2) is 5.09. The smallest absolute Gasteiger partial charge is 0.253 e. The molecule has 0 saturated heterocycles. The molecule has 5 nitrogen and oxygen atoms in total. The quantitative estimate of drug-likeness (QED) is 0.829. The molecule has 19 heavy (non-hydrogen) atoms. The molecule has 0 aliphatic heterocycles. The third-order valence-electron chi connectivity index (χ3n) is 2.87. The van der Waals surface area contributed by atoms with Gasteiger partial charge in [0, 0.05) is 17.8 Å². The third kappa shape index (κ3) is 2.73. The highest BCUT2D eigenvalue weighted by Crippen LogP contribution is 2.15. The number of amides is 1. The van der Waals surface area contributed by atoms with Gasteiger partial charge in [-0.2, -0.15) is 0 Å². The van der Waals surface area contributed by atoms with E-state index in [2.05, 4.69) is 10.5 Å². The van der Waals surface area contributed by atoms with E-state index in [1.54, 1.807) is 13.8 Å². The summed E-state index contributed by atoms with van der Waals surface area (Å²) in [5.41, 5.74) is 7.51. The van der Waals surface area contributed by atoms with Crippen LogP contribution in [0.15, 0.2) is 22.7 Å². The minimum atomic E-state index is -0.472. The molecule has 0 saturated carbocycles. The lowest BCUT2D eigenvalue weighted by Gasteiger charge is -2.07. The molecule has 0 aliphatic carbocycles. The molecule has 1 heterocycles. The Morgan fingerprint density at radius 1 is 1.47 bits per heavy atom. The van der Waals surface area contributed by atoms with Crippen LogP contribution in [0.2, 0.25) is 0 Å². The van der Waals surface area contributed by atoms with Gasteiger partial charge in [-0.15, -0.1) is 0 Å². The summed E-state index contributed by atoms with van der Waals surface area (Å²) in [7, 11) is 0. The van der Waals surface area contributed by atoms with Gasteiger partial charge in [0.15, 0.2) is 0 Å². The third-order valence-corrected chi connectivity index (χ3v) is 2.87. The van der Waals surface area contributed by atoms with Crippen molar-refractivity contribution in [2.45, 2.75) is 20.4 Å². The molecule has 0 fully saturated rings. The molecular formula is C13H14FN3O2. The summed E-state index contributed by atoms with van der Waals surface area (Å²) in [6, 6.07) is 3.67. The first kappa shape index (κ1) is 13.1. The lowest BCUT2D eigenvalue weighted by molar-refractivity contribution is 0.0951. The van der Waals surface area contributed by atoms with Gasteiger partial charge in [0.25, 0.3) is 5.91 Å². The lowest BCUT2D eigenvalue weighted by atomic mass is 10.1. The van der Waals surface area contributed by atoms with E-state index in [0.29, 0.717) is 5.76 Å². The zero-order valence-corrected chi connectivity index (χ0v) is 10.7. The van der Waals surface area contributed by atoms with E-state index < -0.39 is 5.82 Å². The molecule has 2 aromatic rings. The van der Waals surface area contributed by atoms with Crippen LogP contribution in [0.3, 0.4) is 0 Å². The summed E-state index contributed by atoms with van der Waals surface area (Å²) in [5.74, 6) is -0.179. The predicted octanol–water partition coefficient (Wildman–Crippen LogP) is 1.94. The number of nitrogens with two attached hydrogens (primary N) is 1. The summed E-state index contributed by atoms with van der Waals surface area (Å²) in [6.45, 7) is 3.86. The van der Waals surface area contributed by atoms with Crippen LogP contribution in [0.1, 0.15) is 27.4 Å². The summed E-state index contributed by atoms with van der Waals surface area (Å²) in [4.78, 5) is 11.9. The Morgan fingerprint density at radius 2 is 2.21 bits per heavy atom. The molecule has 6 heteroatoms. The van der Waals surface area contributed by atoms with Crippen LogP contribution in [0.5, 0.6) is 0 Å². The van der Waals surface area contributed by atoms with Crippen LogP contribution in [0.4, 0.5) is 10.1 Å². The van der Waals surface area contributed by atoms with Gasteiger partial charge in [0.1, 0.15) is 11.6 Å². The standard InChI is InChI=1S/C13H14FN3O2/c1-7-11(8(2)19-17-7)6-16-13(18)10-4-3-9(14)5-12(10)15/h3-5H,6,15H2,1-2H3,(H,16,18). The van der Waals surface area contributed by atoms with E-state index in [4.69, 9.17) is 10.3 Å². The largest absolute Gasteiger partial charge is 0.398 e. The summed E-state index contributed by atoms with van der Waals surface area (Å²) < 4.78 is 17.9. The number of carbonyl (C=O) groups excluding carboxylic acids is 1. The van der Waals surface area contributed by atoms with Crippen molar-refractivity contribution < 1.29 is 13.7 Å². The normalized spacial score (nSPS) is 10.5. The molecule has 0 atom stereocenters. The number of benzene rings is 1. The number of nitrogens with zero attached hydrogens (tertiary/aromatic N) is 1. The Hall–Kier alpha value is -2.37. The first-order valence-corrected chi connectivity index (χ1v) is 5.74. The molecule has 0 unspecified atom stereocenters. The van der Waals surface area contributed by atoms with Crippen LogP contribution in [0, 0.1) is 19.7 Å². The molecule has 100 valence electrons. The average Bonchev–Trinajstić information content (AvgIpc) is 2.66. The molecule has 0 radical (unpaired) electrons. The Labute approximate surface area is 109 Å². The maximum Gasteiger partial charge on any atom is 0.253 e. The van der Waals surface area contributed by atoms with Gasteiger partial charge in [0.2, 0.25) is 0 Å². The molecule has 0 spiro atoms. The van der Waals surface area contributed by atoms with Crippen molar-refractivity contribution in [2.24, 2.45) is 0 Å². The number of hydrogen-bond donors (Lipinski definition) is 2. The first-order valence-electron chi connectivity index (χ1n) is 5.74. The van der Waals surface area contributed by atoms with E-state index in [1.807, 2.05) is 0 Å². The van der Waals surface area contributed by atoms with Crippen molar-refractivity contribution >= 4 is 11.6 Å². The molecule has 1 aromatic heterocycles. The van der Waals surface area contributed by atoms with Crippen LogP contribution >= 0.6 is 0 Å². The fourth-order valence-electron chi connectivity index (χ4n) is 1.76. The topological polar surface area (TPSA) is 81.2 Å². The highest BCUT2D eigenvalue weighted by Gasteiger charge is 2.13. The molecular weight excluding hydrogens is 249 g/mol. The van der Waals surface area contributed by atoms with Crippen LogP contribution < -0.4 is 11.1 Å². The second-order valence-electron chi connectivity index (χ2n) is 4.22. The van der Waals surface area contributed by atoms with E-state index in [9.17, 15) is 9.18 Å². The Morgan fingerprint density at radius 3 is 2.79 bits per heavy atom. The molecule has 1 aromatic carbocycles. The van der Waals surface area contributed by atoms with E-state index in [0.717, 1.165) is 17.3 Å². The predicted molar refractivity (Wildman–Crippen MR) is 68.0 cm³/mol. The molecule has 0 bridgehead atoms. The highest BCUT2D eigenvalue weighted by atomic mass is 19.1. The Bertz CT molecular complexity index is 603. The van der Waals surface area contributed by atoms with Gasteiger partial charge in [0.05, 0.1) is 11.3 Å².